The van der Waals surface area contributed by atoms with Crippen LogP contribution in [-0.2, 0) is 6.18 Å². The number of halogens is 3. The summed E-state index contributed by atoms with van der Waals surface area (Å²) in [5.74, 6) is -0.113. The van der Waals surface area contributed by atoms with E-state index in [0.29, 0.717) is 17.2 Å². The van der Waals surface area contributed by atoms with Gasteiger partial charge < -0.3 is 9.84 Å². The number of alkyl halides is 3. The van der Waals surface area contributed by atoms with Gasteiger partial charge in [-0.3, -0.25) is 0 Å². The van der Waals surface area contributed by atoms with E-state index < -0.39 is 17.5 Å². The molecule has 5 heteroatoms. The monoisotopic (exact) mass is 242 g/mol. The number of phenols is 1. The van der Waals surface area contributed by atoms with E-state index in [2.05, 4.69) is 0 Å². The normalized spacial score (nSPS) is 11.8. The molecule has 1 N–H and O–H groups in total. The second-order valence-electron chi connectivity index (χ2n) is 3.55. The van der Waals surface area contributed by atoms with Crippen molar-refractivity contribution in [3.8, 4) is 11.5 Å². The van der Waals surface area contributed by atoms with Gasteiger partial charge in [0.25, 0.3) is 0 Å². The summed E-state index contributed by atoms with van der Waals surface area (Å²) < 4.78 is 42.7. The average molecular weight is 242 g/mol. The van der Waals surface area contributed by atoms with Gasteiger partial charge in [-0.1, -0.05) is 12.1 Å². The Hall–Kier alpha value is -1.91. The minimum Gasteiger partial charge on any atom is -0.507 e. The third-order valence-electron chi connectivity index (χ3n) is 2.48. The van der Waals surface area contributed by atoms with E-state index in [9.17, 15) is 18.3 Å². The van der Waals surface area contributed by atoms with Gasteiger partial charge in [-0.25, -0.2) is 0 Å². The van der Waals surface area contributed by atoms with Crippen LogP contribution in [0.1, 0.15) is 5.56 Å². The first-order valence-electron chi connectivity index (χ1n) is 4.80. The zero-order valence-electron chi connectivity index (χ0n) is 8.88. The molecule has 0 unspecified atom stereocenters. The summed E-state index contributed by atoms with van der Waals surface area (Å²) in [6.07, 6.45) is -4.49. The van der Waals surface area contributed by atoms with Crippen molar-refractivity contribution in [1.29, 1.82) is 0 Å². The fraction of sp³-hybridized carbons (Fsp3) is 0.167. The molecule has 0 aliphatic heterocycles. The molecule has 0 amide bonds. The SMILES string of the molecule is COc1cccc2c(O)cc(C(F)(F)F)cc12. The third kappa shape index (κ3) is 2.00. The van der Waals surface area contributed by atoms with E-state index in [1.165, 1.54) is 13.2 Å². The Morgan fingerprint density at radius 1 is 1.12 bits per heavy atom. The Kier molecular flexibility index (Phi) is 2.61. The van der Waals surface area contributed by atoms with Crippen LogP contribution in [0.3, 0.4) is 0 Å². The van der Waals surface area contributed by atoms with E-state index in [-0.39, 0.29) is 5.39 Å². The second kappa shape index (κ2) is 3.84. The van der Waals surface area contributed by atoms with Gasteiger partial charge in [0, 0.05) is 10.8 Å². The Bertz CT molecular complexity index is 561. The molecule has 0 aromatic heterocycles. The molecule has 2 nitrogen and oxygen atoms in total. The molecular formula is C12H9F3O2. The molecule has 90 valence electrons. The lowest BCUT2D eigenvalue weighted by atomic mass is 10.0. The van der Waals surface area contributed by atoms with Gasteiger partial charge in [0.05, 0.1) is 12.7 Å². The lowest BCUT2D eigenvalue weighted by Crippen LogP contribution is -2.04. The van der Waals surface area contributed by atoms with Gasteiger partial charge in [0.2, 0.25) is 0 Å². The average Bonchev–Trinajstić information content (AvgIpc) is 2.27. The first-order valence-corrected chi connectivity index (χ1v) is 4.80. The topological polar surface area (TPSA) is 29.5 Å². The summed E-state index contributed by atoms with van der Waals surface area (Å²) in [5, 5.41) is 10.1. The molecule has 0 saturated carbocycles. The van der Waals surface area contributed by atoms with Crippen molar-refractivity contribution in [2.24, 2.45) is 0 Å². The largest absolute Gasteiger partial charge is 0.507 e. The number of hydrogen-bond donors (Lipinski definition) is 1. The summed E-state index contributed by atoms with van der Waals surface area (Å²) >= 11 is 0. The van der Waals surface area contributed by atoms with Gasteiger partial charge in [0.1, 0.15) is 11.5 Å². The lowest BCUT2D eigenvalue weighted by Gasteiger charge is -2.11. The molecule has 2 rings (SSSR count). The van der Waals surface area contributed by atoms with Crippen LogP contribution < -0.4 is 4.74 Å². The predicted octanol–water partition coefficient (Wildman–Crippen LogP) is 3.57. The Balaban J connectivity index is 2.79. The maximum Gasteiger partial charge on any atom is 0.416 e. The maximum atomic E-state index is 12.6. The van der Waals surface area contributed by atoms with Crippen molar-refractivity contribution in [3.05, 3.63) is 35.9 Å². The Morgan fingerprint density at radius 3 is 2.41 bits per heavy atom. The molecule has 0 saturated heterocycles. The van der Waals surface area contributed by atoms with Crippen LogP contribution in [0.15, 0.2) is 30.3 Å². The number of hydrogen-bond acceptors (Lipinski definition) is 2. The molecule has 2 aromatic rings. The van der Waals surface area contributed by atoms with Gasteiger partial charge >= 0.3 is 6.18 Å². The van der Waals surface area contributed by atoms with Crippen LogP contribution in [-0.4, -0.2) is 12.2 Å². The Labute approximate surface area is 95.2 Å². The highest BCUT2D eigenvalue weighted by atomic mass is 19.4. The number of fused-ring (bicyclic) bond motifs is 1. The molecule has 0 fully saturated rings. The number of ether oxygens (including phenoxy) is 1. The summed E-state index contributed by atoms with van der Waals surface area (Å²) in [5.41, 5.74) is -0.896. The van der Waals surface area contributed by atoms with Gasteiger partial charge in [0.15, 0.2) is 0 Å². The minimum atomic E-state index is -4.49. The molecule has 0 heterocycles. The van der Waals surface area contributed by atoms with Crippen LogP contribution >= 0.6 is 0 Å². The summed E-state index contributed by atoms with van der Waals surface area (Å²) in [6, 6.07) is 6.36. The van der Waals surface area contributed by atoms with Gasteiger partial charge in [-0.2, -0.15) is 13.2 Å². The van der Waals surface area contributed by atoms with Crippen molar-refractivity contribution in [2.75, 3.05) is 7.11 Å². The van der Waals surface area contributed by atoms with Crippen LogP contribution in [0.25, 0.3) is 10.8 Å². The summed E-state index contributed by atoms with van der Waals surface area (Å²) in [7, 11) is 1.37. The van der Waals surface area contributed by atoms with E-state index in [1.54, 1.807) is 12.1 Å². The fourth-order valence-corrected chi connectivity index (χ4v) is 1.68. The smallest absolute Gasteiger partial charge is 0.416 e. The second-order valence-corrected chi connectivity index (χ2v) is 3.55. The summed E-state index contributed by atoms with van der Waals surface area (Å²) in [6.45, 7) is 0. The number of rotatable bonds is 1. The highest BCUT2D eigenvalue weighted by Crippen LogP contribution is 2.38. The van der Waals surface area contributed by atoms with E-state index in [4.69, 9.17) is 4.74 Å². The van der Waals surface area contributed by atoms with Crippen molar-refractivity contribution in [2.45, 2.75) is 6.18 Å². The van der Waals surface area contributed by atoms with Crippen LogP contribution in [0.2, 0.25) is 0 Å². The highest BCUT2D eigenvalue weighted by molar-refractivity contribution is 5.93. The zero-order chi connectivity index (χ0) is 12.6. The first-order chi connectivity index (χ1) is 7.93. The van der Waals surface area contributed by atoms with E-state index in [1.807, 2.05) is 0 Å². The number of benzene rings is 2. The minimum absolute atomic E-state index is 0.238. The highest BCUT2D eigenvalue weighted by Gasteiger charge is 2.31. The molecule has 0 bridgehead atoms. The first kappa shape index (κ1) is 11.6. The van der Waals surface area contributed by atoms with Crippen molar-refractivity contribution in [3.63, 3.8) is 0 Å². The number of aromatic hydroxyl groups is 1. The van der Waals surface area contributed by atoms with Crippen LogP contribution in [0.4, 0.5) is 13.2 Å². The van der Waals surface area contributed by atoms with Crippen LogP contribution in [0, 0.1) is 0 Å². The number of phenolic OH excluding ortho intramolecular Hbond substituents is 1. The molecule has 0 aliphatic rings. The molecule has 2 aromatic carbocycles. The lowest BCUT2D eigenvalue weighted by molar-refractivity contribution is -0.137. The predicted molar refractivity (Wildman–Crippen MR) is 57.2 cm³/mol. The zero-order valence-corrected chi connectivity index (χ0v) is 8.88. The fourth-order valence-electron chi connectivity index (χ4n) is 1.68. The van der Waals surface area contributed by atoms with Crippen molar-refractivity contribution < 1.29 is 23.0 Å². The van der Waals surface area contributed by atoms with Gasteiger partial charge in [-0.05, 0) is 18.2 Å². The Morgan fingerprint density at radius 2 is 1.82 bits per heavy atom. The maximum absolute atomic E-state index is 12.6. The number of methoxy groups -OCH3 is 1. The van der Waals surface area contributed by atoms with Crippen molar-refractivity contribution >= 4 is 10.8 Å². The molecular weight excluding hydrogens is 233 g/mol. The standard InChI is InChI=1S/C12H9F3O2/c1-17-11-4-2-3-8-9(11)5-7(6-10(8)16)12(13,14)15/h2-6,16H,1H3. The molecule has 0 radical (unpaired) electrons. The van der Waals surface area contributed by atoms with Gasteiger partial charge in [-0.15, -0.1) is 0 Å². The summed E-state index contributed by atoms with van der Waals surface area (Å²) in [4.78, 5) is 0. The quantitative estimate of drug-likeness (QED) is 0.828. The molecule has 0 aliphatic carbocycles. The van der Waals surface area contributed by atoms with E-state index in [0.717, 1.165) is 6.07 Å². The molecule has 17 heavy (non-hydrogen) atoms. The third-order valence-corrected chi connectivity index (χ3v) is 2.48. The molecule has 0 spiro atoms. The van der Waals surface area contributed by atoms with Crippen molar-refractivity contribution in [1.82, 2.24) is 0 Å². The molecule has 0 atom stereocenters. The van der Waals surface area contributed by atoms with Crippen LogP contribution in [0.5, 0.6) is 11.5 Å². The van der Waals surface area contributed by atoms with E-state index >= 15 is 0 Å².